The van der Waals surface area contributed by atoms with Gasteiger partial charge in [-0.25, -0.2) is 0 Å². The van der Waals surface area contributed by atoms with Crippen molar-refractivity contribution >= 4 is 0 Å². The highest BCUT2D eigenvalue weighted by Crippen LogP contribution is 2.21. The molecule has 0 saturated heterocycles. The lowest BCUT2D eigenvalue weighted by Gasteiger charge is -2.07. The molecule has 0 fully saturated rings. The van der Waals surface area contributed by atoms with E-state index in [9.17, 15) is 13.2 Å². The molecular weight excluding hydrogens is 207 g/mol. The van der Waals surface area contributed by atoms with Crippen LogP contribution in [0.3, 0.4) is 0 Å². The second-order valence-corrected chi connectivity index (χ2v) is 3.44. The molecule has 1 aromatic rings. The molecule has 0 amide bonds. The van der Waals surface area contributed by atoms with Gasteiger partial charge in [0.2, 0.25) is 0 Å². The van der Waals surface area contributed by atoms with E-state index in [4.69, 9.17) is 5.73 Å². The molecular formula is C9H14F3N3. The largest absolute Gasteiger partial charge is 0.390 e. The zero-order valence-electron chi connectivity index (χ0n) is 8.73. The molecule has 0 aliphatic carbocycles. The summed E-state index contributed by atoms with van der Waals surface area (Å²) in [5.41, 5.74) is 7.73. The van der Waals surface area contributed by atoms with Gasteiger partial charge in [0.25, 0.3) is 0 Å². The Morgan fingerprint density at radius 2 is 1.93 bits per heavy atom. The smallest absolute Gasteiger partial charge is 0.326 e. The summed E-state index contributed by atoms with van der Waals surface area (Å²) in [5.74, 6) is 0. The average Bonchev–Trinajstić information content (AvgIpc) is 2.37. The summed E-state index contributed by atoms with van der Waals surface area (Å²) in [6.45, 7) is 3.65. The van der Waals surface area contributed by atoms with Gasteiger partial charge in [0.05, 0.1) is 12.1 Å². The van der Waals surface area contributed by atoms with Crippen molar-refractivity contribution in [2.45, 2.75) is 39.5 Å². The van der Waals surface area contributed by atoms with Crippen molar-refractivity contribution in [3.63, 3.8) is 0 Å². The topological polar surface area (TPSA) is 43.8 Å². The Balaban J connectivity index is 2.79. The molecule has 0 radical (unpaired) electrons. The van der Waals surface area contributed by atoms with E-state index < -0.39 is 12.6 Å². The second kappa shape index (κ2) is 4.22. The monoisotopic (exact) mass is 221 g/mol. The van der Waals surface area contributed by atoms with Crippen LogP contribution in [0.4, 0.5) is 13.2 Å². The van der Waals surface area contributed by atoms with Crippen LogP contribution < -0.4 is 5.73 Å². The van der Waals surface area contributed by atoms with Crippen molar-refractivity contribution in [2.24, 2.45) is 5.73 Å². The fourth-order valence-electron chi connectivity index (χ4n) is 1.48. The molecule has 0 aliphatic rings. The Morgan fingerprint density at radius 3 is 2.33 bits per heavy atom. The van der Waals surface area contributed by atoms with Crippen molar-refractivity contribution in [1.82, 2.24) is 9.78 Å². The maximum absolute atomic E-state index is 12.0. The van der Waals surface area contributed by atoms with E-state index in [0.29, 0.717) is 12.2 Å². The Morgan fingerprint density at radius 1 is 1.33 bits per heavy atom. The third-order valence-electron chi connectivity index (χ3n) is 2.34. The first-order chi connectivity index (χ1) is 6.85. The number of nitrogens with two attached hydrogens (primary N) is 1. The van der Waals surface area contributed by atoms with Gasteiger partial charge in [-0.15, -0.1) is 0 Å². The quantitative estimate of drug-likeness (QED) is 0.847. The van der Waals surface area contributed by atoms with Gasteiger partial charge < -0.3 is 5.73 Å². The molecule has 1 aromatic heterocycles. The first kappa shape index (κ1) is 12.0. The lowest BCUT2D eigenvalue weighted by atomic mass is 10.2. The molecule has 3 nitrogen and oxygen atoms in total. The highest BCUT2D eigenvalue weighted by molar-refractivity contribution is 5.23. The first-order valence-corrected chi connectivity index (χ1v) is 4.65. The standard InChI is InChI=1S/C9H14F3N3/c1-6-8(5-13)7(2)15(14-6)4-3-9(10,11)12/h3-5,13H2,1-2H3. The van der Waals surface area contributed by atoms with Crippen molar-refractivity contribution in [3.05, 3.63) is 17.0 Å². The number of halogens is 3. The van der Waals surface area contributed by atoms with Gasteiger partial charge in [-0.2, -0.15) is 18.3 Å². The maximum atomic E-state index is 12.0. The van der Waals surface area contributed by atoms with Crippen molar-refractivity contribution < 1.29 is 13.2 Å². The van der Waals surface area contributed by atoms with E-state index in [2.05, 4.69) is 5.10 Å². The van der Waals surface area contributed by atoms with Crippen molar-refractivity contribution in [3.8, 4) is 0 Å². The highest BCUT2D eigenvalue weighted by atomic mass is 19.4. The Hall–Kier alpha value is -1.04. The molecule has 0 aromatic carbocycles. The number of alkyl halides is 3. The summed E-state index contributed by atoms with van der Waals surface area (Å²) in [6.07, 6.45) is -5.01. The van der Waals surface area contributed by atoms with Gasteiger partial charge >= 0.3 is 6.18 Å². The number of hydrogen-bond acceptors (Lipinski definition) is 2. The lowest BCUT2D eigenvalue weighted by molar-refractivity contribution is -0.137. The molecule has 86 valence electrons. The molecule has 0 aliphatic heterocycles. The third kappa shape index (κ3) is 2.95. The van der Waals surface area contributed by atoms with E-state index >= 15 is 0 Å². The molecule has 0 bridgehead atoms. The predicted molar refractivity (Wildman–Crippen MR) is 50.3 cm³/mol. The fraction of sp³-hybridized carbons (Fsp3) is 0.667. The number of nitrogens with zero attached hydrogens (tertiary/aromatic N) is 2. The van der Waals surface area contributed by atoms with Gasteiger partial charge in [0, 0.05) is 24.3 Å². The molecule has 2 N–H and O–H groups in total. The summed E-state index contributed by atoms with van der Waals surface area (Å²) >= 11 is 0. The molecule has 1 rings (SSSR count). The van der Waals surface area contributed by atoms with Crippen LogP contribution >= 0.6 is 0 Å². The minimum atomic E-state index is -4.14. The number of hydrogen-bond donors (Lipinski definition) is 1. The minimum Gasteiger partial charge on any atom is -0.326 e. The second-order valence-electron chi connectivity index (χ2n) is 3.44. The third-order valence-corrected chi connectivity index (χ3v) is 2.34. The zero-order valence-corrected chi connectivity index (χ0v) is 8.73. The van der Waals surface area contributed by atoms with E-state index in [0.717, 1.165) is 11.3 Å². The first-order valence-electron chi connectivity index (χ1n) is 4.65. The molecule has 0 spiro atoms. The highest BCUT2D eigenvalue weighted by Gasteiger charge is 2.27. The summed E-state index contributed by atoms with van der Waals surface area (Å²) in [7, 11) is 0. The number of aromatic nitrogens is 2. The lowest BCUT2D eigenvalue weighted by Crippen LogP contribution is -2.14. The maximum Gasteiger partial charge on any atom is 0.390 e. The van der Waals surface area contributed by atoms with Gasteiger partial charge in [-0.05, 0) is 13.8 Å². The molecule has 1 heterocycles. The van der Waals surface area contributed by atoms with Gasteiger partial charge in [0.1, 0.15) is 0 Å². The molecule has 15 heavy (non-hydrogen) atoms. The van der Waals surface area contributed by atoms with Crippen LogP contribution in [0.1, 0.15) is 23.4 Å². The predicted octanol–water partition coefficient (Wildman–Crippen LogP) is 1.91. The summed E-state index contributed by atoms with van der Waals surface area (Å²) in [4.78, 5) is 0. The average molecular weight is 221 g/mol. The molecule has 0 atom stereocenters. The van der Waals surface area contributed by atoms with Gasteiger partial charge in [-0.3, -0.25) is 4.68 Å². The normalized spacial score (nSPS) is 12.1. The summed E-state index contributed by atoms with van der Waals surface area (Å²) < 4.78 is 37.4. The van der Waals surface area contributed by atoms with Crippen LogP contribution in [0.5, 0.6) is 0 Å². The van der Waals surface area contributed by atoms with Crippen LogP contribution in [0.2, 0.25) is 0 Å². The Kier molecular flexibility index (Phi) is 3.38. The van der Waals surface area contributed by atoms with E-state index in [1.165, 1.54) is 4.68 Å². The van der Waals surface area contributed by atoms with Gasteiger partial charge in [0.15, 0.2) is 0 Å². The van der Waals surface area contributed by atoms with Crippen LogP contribution in [0.25, 0.3) is 0 Å². The van der Waals surface area contributed by atoms with E-state index in [1.54, 1.807) is 13.8 Å². The number of rotatable bonds is 3. The fourth-order valence-corrected chi connectivity index (χ4v) is 1.48. The zero-order chi connectivity index (χ0) is 11.6. The Labute approximate surface area is 86.1 Å². The van der Waals surface area contributed by atoms with E-state index in [-0.39, 0.29) is 6.54 Å². The summed E-state index contributed by atoms with van der Waals surface area (Å²) in [6, 6.07) is 0. The summed E-state index contributed by atoms with van der Waals surface area (Å²) in [5, 5.41) is 4.02. The van der Waals surface area contributed by atoms with Crippen LogP contribution in [0, 0.1) is 13.8 Å². The molecule has 0 saturated carbocycles. The van der Waals surface area contributed by atoms with E-state index in [1.807, 2.05) is 0 Å². The van der Waals surface area contributed by atoms with Crippen LogP contribution in [-0.2, 0) is 13.1 Å². The van der Waals surface area contributed by atoms with Crippen molar-refractivity contribution in [1.29, 1.82) is 0 Å². The SMILES string of the molecule is Cc1nn(CCC(F)(F)F)c(C)c1CN. The van der Waals surface area contributed by atoms with Crippen molar-refractivity contribution in [2.75, 3.05) is 0 Å². The Bertz CT molecular complexity index is 341. The van der Waals surface area contributed by atoms with Gasteiger partial charge in [-0.1, -0.05) is 0 Å². The van der Waals surface area contributed by atoms with Crippen LogP contribution in [0.15, 0.2) is 0 Å². The minimum absolute atomic E-state index is 0.143. The molecule has 6 heteroatoms. The number of aryl methyl sites for hydroxylation is 2. The van der Waals surface area contributed by atoms with Crippen LogP contribution in [-0.4, -0.2) is 16.0 Å². The molecule has 0 unspecified atom stereocenters.